The number of carbonyl (C=O) groups is 2. The molecule has 1 unspecified atom stereocenters. The largest absolute Gasteiger partial charge is 0.328 e. The zero-order valence-electron chi connectivity index (χ0n) is 17.6. The van der Waals surface area contributed by atoms with Crippen molar-refractivity contribution in [1.82, 2.24) is 25.3 Å². The van der Waals surface area contributed by atoms with Crippen LogP contribution in [-0.4, -0.2) is 65.9 Å². The first-order valence-corrected chi connectivity index (χ1v) is 11.0. The molecule has 3 aliphatic rings. The third-order valence-corrected chi connectivity index (χ3v) is 6.93. The summed E-state index contributed by atoms with van der Waals surface area (Å²) in [5, 5.41) is 11.6. The first-order valence-electron chi connectivity index (χ1n) is 11.0. The number of fused-ring (bicyclic) bond motifs is 1. The van der Waals surface area contributed by atoms with E-state index in [1.165, 1.54) is 13.0 Å². The molecule has 2 N–H and O–H groups in total. The van der Waals surface area contributed by atoms with Crippen LogP contribution in [0.2, 0.25) is 0 Å². The van der Waals surface area contributed by atoms with Gasteiger partial charge in [0.05, 0.1) is 23.4 Å². The molecule has 3 saturated heterocycles. The van der Waals surface area contributed by atoms with Gasteiger partial charge in [-0.2, -0.15) is 5.10 Å². The minimum atomic E-state index is -0.352. The summed E-state index contributed by atoms with van der Waals surface area (Å²) in [6, 6.07) is 6.01. The second-order valence-corrected chi connectivity index (χ2v) is 9.30. The molecular formula is C22H30N6O2. The Morgan fingerprint density at radius 3 is 2.77 bits per heavy atom. The summed E-state index contributed by atoms with van der Waals surface area (Å²) in [5.41, 5.74) is 2.28. The summed E-state index contributed by atoms with van der Waals surface area (Å²) in [4.78, 5) is 28.1. The first-order chi connectivity index (χ1) is 14.5. The first kappa shape index (κ1) is 19.5. The molecule has 0 saturated carbocycles. The number of rotatable bonds is 4. The van der Waals surface area contributed by atoms with Gasteiger partial charge < -0.3 is 10.2 Å². The predicted molar refractivity (Wildman–Crippen MR) is 116 cm³/mol. The van der Waals surface area contributed by atoms with Crippen molar-refractivity contribution in [2.24, 2.45) is 5.41 Å². The van der Waals surface area contributed by atoms with E-state index in [4.69, 9.17) is 5.10 Å². The average Bonchev–Trinajstić information content (AvgIpc) is 3.35. The molecule has 0 radical (unpaired) electrons. The number of piperidine rings is 1. The lowest BCUT2D eigenvalue weighted by Gasteiger charge is -2.37. The van der Waals surface area contributed by atoms with E-state index in [1.807, 2.05) is 18.3 Å². The van der Waals surface area contributed by atoms with Gasteiger partial charge in [-0.25, -0.2) is 4.79 Å². The zero-order chi connectivity index (χ0) is 20.7. The Balaban J connectivity index is 1.31. The third-order valence-electron chi connectivity index (χ3n) is 6.93. The Labute approximate surface area is 176 Å². The fraction of sp³-hybridized carbons (Fsp3) is 0.591. The number of carbonyl (C=O) groups excluding carboxylic acids is 2. The van der Waals surface area contributed by atoms with Gasteiger partial charge in [-0.1, -0.05) is 13.0 Å². The quantitative estimate of drug-likeness (QED) is 0.807. The summed E-state index contributed by atoms with van der Waals surface area (Å²) in [7, 11) is 0. The van der Waals surface area contributed by atoms with Crippen molar-refractivity contribution in [2.75, 3.05) is 44.2 Å². The van der Waals surface area contributed by atoms with Crippen molar-refractivity contribution in [3.63, 3.8) is 0 Å². The van der Waals surface area contributed by atoms with E-state index in [-0.39, 0.29) is 11.9 Å². The number of hydrogen-bond acceptors (Lipinski definition) is 5. The fourth-order valence-electron chi connectivity index (χ4n) is 5.24. The van der Waals surface area contributed by atoms with Gasteiger partial charge in [0.1, 0.15) is 0 Å². The van der Waals surface area contributed by atoms with E-state index >= 15 is 0 Å². The van der Waals surface area contributed by atoms with Gasteiger partial charge in [0, 0.05) is 44.5 Å². The van der Waals surface area contributed by atoms with Crippen LogP contribution >= 0.6 is 0 Å². The average molecular weight is 411 g/mol. The van der Waals surface area contributed by atoms with Crippen LogP contribution in [0.3, 0.4) is 0 Å². The molecule has 2 aromatic rings. The van der Waals surface area contributed by atoms with Crippen LogP contribution in [0.25, 0.3) is 10.9 Å². The number of amides is 3. The molecule has 3 fully saturated rings. The maximum absolute atomic E-state index is 12.3. The molecule has 160 valence electrons. The third kappa shape index (κ3) is 3.58. The Hall–Kier alpha value is -2.45. The van der Waals surface area contributed by atoms with Gasteiger partial charge in [0.2, 0.25) is 5.91 Å². The van der Waals surface area contributed by atoms with Gasteiger partial charge in [-0.3, -0.25) is 19.7 Å². The predicted octanol–water partition coefficient (Wildman–Crippen LogP) is 2.12. The summed E-state index contributed by atoms with van der Waals surface area (Å²) >= 11 is 0. The maximum Gasteiger partial charge on any atom is 0.328 e. The van der Waals surface area contributed by atoms with Gasteiger partial charge in [0.15, 0.2) is 0 Å². The van der Waals surface area contributed by atoms with Crippen LogP contribution in [0.4, 0.5) is 10.5 Å². The Morgan fingerprint density at radius 2 is 2.03 bits per heavy atom. The SMILES string of the molecule is CC1(CN2CCC(n3ncc4c(N5CCC(=O)NC5=O)cccc43)CC2)CCNC1. The number of nitrogens with one attached hydrogen (secondary N) is 2. The highest BCUT2D eigenvalue weighted by molar-refractivity contribution is 6.09. The molecule has 8 heteroatoms. The number of hydrogen-bond donors (Lipinski definition) is 2. The van der Waals surface area contributed by atoms with Gasteiger partial charge in [-0.05, 0) is 43.4 Å². The Kier molecular flexibility index (Phi) is 4.99. The van der Waals surface area contributed by atoms with Crippen molar-refractivity contribution < 1.29 is 9.59 Å². The molecule has 0 bridgehead atoms. The highest BCUT2D eigenvalue weighted by Gasteiger charge is 2.33. The second kappa shape index (κ2) is 7.67. The number of anilines is 1. The molecule has 3 aliphatic heterocycles. The molecule has 1 atom stereocenters. The normalized spacial score (nSPS) is 26.5. The number of benzene rings is 1. The molecule has 8 nitrogen and oxygen atoms in total. The topological polar surface area (TPSA) is 82.5 Å². The molecule has 0 aliphatic carbocycles. The van der Waals surface area contributed by atoms with Gasteiger partial charge >= 0.3 is 6.03 Å². The van der Waals surface area contributed by atoms with Crippen LogP contribution < -0.4 is 15.5 Å². The molecule has 1 aromatic carbocycles. The van der Waals surface area contributed by atoms with Crippen molar-refractivity contribution in [3.05, 3.63) is 24.4 Å². The van der Waals surface area contributed by atoms with E-state index in [9.17, 15) is 9.59 Å². The standard InChI is InChI=1S/C22H30N6O2/c1-22(8-9-23-14-22)15-26-10-5-16(6-11-26)28-19-4-2-3-18(17(19)13-24-28)27-12-7-20(29)25-21(27)30/h2-4,13,16,23H,5-12,14-15H2,1H3,(H,25,29,30). The van der Waals surface area contributed by atoms with Crippen LogP contribution in [0.15, 0.2) is 24.4 Å². The highest BCUT2D eigenvalue weighted by atomic mass is 16.2. The van der Waals surface area contributed by atoms with Crippen molar-refractivity contribution in [1.29, 1.82) is 0 Å². The molecule has 1 aromatic heterocycles. The van der Waals surface area contributed by atoms with E-state index in [2.05, 4.69) is 33.2 Å². The summed E-state index contributed by atoms with van der Waals surface area (Å²) in [6.07, 6.45) is 5.62. The lowest BCUT2D eigenvalue weighted by Crippen LogP contribution is -2.49. The van der Waals surface area contributed by atoms with Gasteiger partial charge in [-0.15, -0.1) is 0 Å². The number of likely N-dealkylation sites (tertiary alicyclic amines) is 1. The lowest BCUT2D eigenvalue weighted by atomic mass is 9.88. The van der Waals surface area contributed by atoms with Crippen LogP contribution in [0.5, 0.6) is 0 Å². The Morgan fingerprint density at radius 1 is 1.20 bits per heavy atom. The van der Waals surface area contributed by atoms with E-state index in [0.29, 0.717) is 24.4 Å². The van der Waals surface area contributed by atoms with Crippen LogP contribution in [0.1, 0.15) is 38.6 Å². The summed E-state index contributed by atoms with van der Waals surface area (Å²) < 4.78 is 2.14. The lowest BCUT2D eigenvalue weighted by molar-refractivity contribution is -0.120. The monoisotopic (exact) mass is 410 g/mol. The van der Waals surface area contributed by atoms with Crippen molar-refractivity contribution in [3.8, 4) is 0 Å². The number of nitrogens with zero attached hydrogens (tertiary/aromatic N) is 4. The molecule has 5 rings (SSSR count). The fourth-order valence-corrected chi connectivity index (χ4v) is 5.24. The number of imide groups is 1. The van der Waals surface area contributed by atoms with Crippen molar-refractivity contribution >= 4 is 28.5 Å². The van der Waals surface area contributed by atoms with E-state index in [1.54, 1.807) is 4.90 Å². The molecule has 30 heavy (non-hydrogen) atoms. The maximum atomic E-state index is 12.3. The second-order valence-electron chi connectivity index (χ2n) is 9.30. The minimum absolute atomic E-state index is 0.215. The summed E-state index contributed by atoms with van der Waals surface area (Å²) in [5.74, 6) is -0.215. The minimum Gasteiger partial charge on any atom is -0.316 e. The highest BCUT2D eigenvalue weighted by Crippen LogP contribution is 2.33. The number of urea groups is 1. The van der Waals surface area contributed by atoms with Gasteiger partial charge in [0.25, 0.3) is 0 Å². The number of aromatic nitrogens is 2. The van der Waals surface area contributed by atoms with Crippen LogP contribution in [-0.2, 0) is 4.79 Å². The summed E-state index contributed by atoms with van der Waals surface area (Å²) in [6.45, 7) is 8.41. The van der Waals surface area contributed by atoms with Crippen LogP contribution in [0, 0.1) is 5.41 Å². The molecule has 3 amide bonds. The van der Waals surface area contributed by atoms with Crippen molar-refractivity contribution in [2.45, 2.75) is 38.6 Å². The van der Waals surface area contributed by atoms with E-state index < -0.39 is 0 Å². The van der Waals surface area contributed by atoms with E-state index in [0.717, 1.165) is 55.6 Å². The molecule has 4 heterocycles. The molecule has 0 spiro atoms. The molecular weight excluding hydrogens is 380 g/mol. The zero-order valence-corrected chi connectivity index (χ0v) is 17.6. The Bertz CT molecular complexity index is 956. The smallest absolute Gasteiger partial charge is 0.316 e.